The molecule has 0 atom stereocenters. The average molecular weight is 257 g/mol. The van der Waals surface area contributed by atoms with Crippen molar-refractivity contribution >= 4 is 20.2 Å². The molecule has 0 fully saturated rings. The second-order valence-electron chi connectivity index (χ2n) is 3.26. The van der Waals surface area contributed by atoms with E-state index >= 15 is 0 Å². The van der Waals surface area contributed by atoms with Gasteiger partial charge in [0.05, 0.1) is 26.4 Å². The highest BCUT2D eigenvalue weighted by Crippen LogP contribution is 2.14. The Labute approximate surface area is 98.0 Å². The fraction of sp³-hybridized carbons (Fsp3) is 1.00. The second kappa shape index (κ2) is 9.56. The molecule has 6 heteroatoms. The number of hydrogen-bond acceptors (Lipinski definition) is 4. The lowest BCUT2D eigenvalue weighted by Crippen LogP contribution is -2.41. The van der Waals surface area contributed by atoms with Gasteiger partial charge < -0.3 is 18.3 Å². The van der Waals surface area contributed by atoms with E-state index in [0.29, 0.717) is 32.3 Å². The summed E-state index contributed by atoms with van der Waals surface area (Å²) in [6, 6.07) is 0.780. The standard InChI is InChI=1S/C9H21ClO4Si/c1-11-5-7-13-15(3,9-4-10)14-8-6-12-2/h4-9H2,1-3H3. The van der Waals surface area contributed by atoms with Crippen LogP contribution in [-0.4, -0.2) is 55.1 Å². The third-order valence-electron chi connectivity index (χ3n) is 1.94. The molecule has 0 aromatic heterocycles. The topological polar surface area (TPSA) is 36.9 Å². The van der Waals surface area contributed by atoms with E-state index in [4.69, 9.17) is 29.9 Å². The smallest absolute Gasteiger partial charge is 0.336 e. The van der Waals surface area contributed by atoms with Crippen molar-refractivity contribution in [2.75, 3.05) is 46.5 Å². The van der Waals surface area contributed by atoms with Gasteiger partial charge in [-0.15, -0.1) is 11.6 Å². The Morgan fingerprint density at radius 2 is 1.40 bits per heavy atom. The van der Waals surface area contributed by atoms with Crippen molar-refractivity contribution in [2.45, 2.75) is 12.6 Å². The summed E-state index contributed by atoms with van der Waals surface area (Å²) in [6.07, 6.45) is 0. The minimum absolute atomic E-state index is 0.558. The van der Waals surface area contributed by atoms with Gasteiger partial charge in [-0.05, 0) is 6.55 Å². The molecule has 0 aliphatic heterocycles. The zero-order valence-electron chi connectivity index (χ0n) is 9.75. The third kappa shape index (κ3) is 8.18. The lowest BCUT2D eigenvalue weighted by molar-refractivity contribution is 0.0891. The van der Waals surface area contributed by atoms with Crippen molar-refractivity contribution in [2.24, 2.45) is 0 Å². The first-order valence-corrected chi connectivity index (χ1v) is 8.06. The van der Waals surface area contributed by atoms with E-state index in [1.54, 1.807) is 14.2 Å². The maximum Gasteiger partial charge on any atom is 0.336 e. The van der Waals surface area contributed by atoms with Gasteiger partial charge in [-0.25, -0.2) is 0 Å². The average Bonchev–Trinajstić information content (AvgIpc) is 2.19. The zero-order valence-corrected chi connectivity index (χ0v) is 11.5. The van der Waals surface area contributed by atoms with E-state index in [9.17, 15) is 0 Å². The summed E-state index contributed by atoms with van der Waals surface area (Å²) in [5.74, 6) is 0.558. The van der Waals surface area contributed by atoms with Gasteiger partial charge in [-0.2, -0.15) is 0 Å². The Bertz CT molecular complexity index is 138. The summed E-state index contributed by atoms with van der Waals surface area (Å²) in [7, 11) is 1.18. The van der Waals surface area contributed by atoms with Gasteiger partial charge in [0, 0.05) is 26.1 Å². The molecule has 0 spiro atoms. The molecule has 0 unspecified atom stereocenters. The number of ether oxygens (including phenoxy) is 2. The number of methoxy groups -OCH3 is 2. The molecule has 15 heavy (non-hydrogen) atoms. The predicted octanol–water partition coefficient (Wildman–Crippen LogP) is 1.62. The lowest BCUT2D eigenvalue weighted by Gasteiger charge is -2.26. The molecular formula is C9H21ClO4Si. The Morgan fingerprint density at radius 1 is 0.933 bits per heavy atom. The highest BCUT2D eigenvalue weighted by atomic mass is 35.5. The van der Waals surface area contributed by atoms with Crippen molar-refractivity contribution in [3.05, 3.63) is 0 Å². The van der Waals surface area contributed by atoms with Crippen LogP contribution in [-0.2, 0) is 18.3 Å². The summed E-state index contributed by atoms with van der Waals surface area (Å²) in [6.45, 7) is 4.30. The fourth-order valence-electron chi connectivity index (χ4n) is 1.04. The molecule has 0 rings (SSSR count). The van der Waals surface area contributed by atoms with Crippen LogP contribution in [0.3, 0.4) is 0 Å². The van der Waals surface area contributed by atoms with Gasteiger partial charge in [0.2, 0.25) is 0 Å². The van der Waals surface area contributed by atoms with Crippen molar-refractivity contribution in [3.63, 3.8) is 0 Å². The van der Waals surface area contributed by atoms with Crippen LogP contribution < -0.4 is 0 Å². The van der Waals surface area contributed by atoms with Gasteiger partial charge in [0.1, 0.15) is 0 Å². The molecule has 0 aromatic carbocycles. The normalized spacial score (nSPS) is 12.0. The van der Waals surface area contributed by atoms with Crippen LogP contribution in [0.15, 0.2) is 0 Å². The Morgan fingerprint density at radius 3 is 1.73 bits per heavy atom. The molecule has 0 aliphatic rings. The molecule has 0 amide bonds. The Hall–Kier alpha value is 0.347. The predicted molar refractivity (Wildman–Crippen MR) is 62.8 cm³/mol. The van der Waals surface area contributed by atoms with Crippen molar-refractivity contribution in [1.82, 2.24) is 0 Å². The van der Waals surface area contributed by atoms with Crippen LogP contribution in [0.1, 0.15) is 0 Å². The van der Waals surface area contributed by atoms with Crippen LogP contribution in [0, 0.1) is 0 Å². The van der Waals surface area contributed by atoms with Crippen LogP contribution in [0.2, 0.25) is 12.6 Å². The lowest BCUT2D eigenvalue weighted by atomic mass is 10.8. The number of hydrogen-bond donors (Lipinski definition) is 0. The van der Waals surface area contributed by atoms with E-state index in [1.165, 1.54) is 0 Å². The second-order valence-corrected chi connectivity index (χ2v) is 6.98. The van der Waals surface area contributed by atoms with Crippen molar-refractivity contribution < 1.29 is 18.3 Å². The van der Waals surface area contributed by atoms with E-state index < -0.39 is 8.56 Å². The first kappa shape index (κ1) is 15.3. The van der Waals surface area contributed by atoms with E-state index in [1.807, 2.05) is 6.55 Å². The van der Waals surface area contributed by atoms with E-state index in [0.717, 1.165) is 6.04 Å². The monoisotopic (exact) mass is 256 g/mol. The summed E-state index contributed by atoms with van der Waals surface area (Å²) in [5.41, 5.74) is 0. The van der Waals surface area contributed by atoms with Crippen LogP contribution in [0.5, 0.6) is 0 Å². The molecule has 0 bridgehead atoms. The van der Waals surface area contributed by atoms with Gasteiger partial charge in [-0.1, -0.05) is 0 Å². The quantitative estimate of drug-likeness (QED) is 0.338. The zero-order chi connectivity index (χ0) is 11.6. The maximum atomic E-state index is 5.72. The molecule has 0 N–H and O–H groups in total. The van der Waals surface area contributed by atoms with E-state index in [2.05, 4.69) is 0 Å². The molecule has 0 aromatic rings. The third-order valence-corrected chi connectivity index (χ3v) is 5.23. The SMILES string of the molecule is COCCO[Si](C)(CCCl)OCCOC. The minimum Gasteiger partial charge on any atom is -0.392 e. The molecule has 0 heterocycles. The number of rotatable bonds is 10. The molecule has 0 radical (unpaired) electrons. The summed E-state index contributed by atoms with van der Waals surface area (Å²) in [4.78, 5) is 0. The van der Waals surface area contributed by atoms with Crippen LogP contribution in [0.4, 0.5) is 0 Å². The highest BCUT2D eigenvalue weighted by molar-refractivity contribution is 6.66. The van der Waals surface area contributed by atoms with Gasteiger partial charge in [-0.3, -0.25) is 0 Å². The Kier molecular flexibility index (Phi) is 9.79. The fourth-order valence-corrected chi connectivity index (χ4v) is 3.81. The first-order valence-electron chi connectivity index (χ1n) is 5.00. The molecule has 0 aliphatic carbocycles. The summed E-state index contributed by atoms with van der Waals surface area (Å²) >= 11 is 5.72. The molecular weight excluding hydrogens is 236 g/mol. The van der Waals surface area contributed by atoms with Gasteiger partial charge >= 0.3 is 8.56 Å². The first-order chi connectivity index (χ1) is 7.18. The highest BCUT2D eigenvalue weighted by Gasteiger charge is 2.30. The van der Waals surface area contributed by atoms with Gasteiger partial charge in [0.25, 0.3) is 0 Å². The summed E-state index contributed by atoms with van der Waals surface area (Å²) < 4.78 is 21.3. The van der Waals surface area contributed by atoms with Crippen molar-refractivity contribution in [3.8, 4) is 0 Å². The Balaban J connectivity index is 3.83. The van der Waals surface area contributed by atoms with Crippen LogP contribution >= 0.6 is 11.6 Å². The molecule has 4 nitrogen and oxygen atoms in total. The summed E-state index contributed by atoms with van der Waals surface area (Å²) in [5, 5.41) is 0. The number of halogens is 1. The van der Waals surface area contributed by atoms with Gasteiger partial charge in [0.15, 0.2) is 0 Å². The van der Waals surface area contributed by atoms with Crippen molar-refractivity contribution in [1.29, 1.82) is 0 Å². The molecule has 92 valence electrons. The largest absolute Gasteiger partial charge is 0.392 e. The van der Waals surface area contributed by atoms with Crippen LogP contribution in [0.25, 0.3) is 0 Å². The maximum absolute atomic E-state index is 5.72. The number of alkyl halides is 1. The van der Waals surface area contributed by atoms with E-state index in [-0.39, 0.29) is 0 Å². The molecule has 0 saturated carbocycles. The minimum atomic E-state index is -2.12. The molecule has 0 saturated heterocycles.